The Balaban J connectivity index is 1.27. The number of carbonyl (C=O) groups is 2. The van der Waals surface area contributed by atoms with E-state index in [4.69, 9.17) is 0 Å². The van der Waals surface area contributed by atoms with Crippen molar-refractivity contribution >= 4 is 23.2 Å². The lowest BCUT2D eigenvalue weighted by molar-refractivity contribution is -0.161. The average molecular weight is 444 g/mol. The van der Waals surface area contributed by atoms with E-state index in [1.807, 2.05) is 30.5 Å². The van der Waals surface area contributed by atoms with Crippen LogP contribution in [0.1, 0.15) is 29.9 Å². The van der Waals surface area contributed by atoms with Crippen LogP contribution in [0.3, 0.4) is 0 Å². The molecule has 3 amide bonds. The summed E-state index contributed by atoms with van der Waals surface area (Å²) in [5.74, 6) is -0.597. The van der Waals surface area contributed by atoms with E-state index < -0.39 is 18.5 Å². The molecular formula is C23H23F3N4O2. The summed E-state index contributed by atoms with van der Waals surface area (Å²) in [6.07, 6.45) is -0.0996. The van der Waals surface area contributed by atoms with Gasteiger partial charge in [0.25, 0.3) is 0 Å². The molecule has 4 rings (SSSR count). The minimum absolute atomic E-state index is 0.159. The number of rotatable bonds is 4. The molecule has 1 N–H and O–H groups in total. The number of hydrogen-bond donors (Lipinski definition) is 1. The van der Waals surface area contributed by atoms with E-state index in [2.05, 4.69) is 10.3 Å². The van der Waals surface area contributed by atoms with Crippen LogP contribution in [0.5, 0.6) is 0 Å². The van der Waals surface area contributed by atoms with Gasteiger partial charge >= 0.3 is 12.2 Å². The van der Waals surface area contributed by atoms with Crippen molar-refractivity contribution in [2.24, 2.45) is 0 Å². The molecule has 6 nitrogen and oxygen atoms in total. The zero-order valence-corrected chi connectivity index (χ0v) is 17.3. The second kappa shape index (κ2) is 9.02. The molecule has 0 saturated carbocycles. The van der Waals surface area contributed by atoms with Crippen molar-refractivity contribution in [1.82, 2.24) is 14.8 Å². The molecule has 3 heterocycles. The van der Waals surface area contributed by atoms with Crippen molar-refractivity contribution < 1.29 is 22.8 Å². The zero-order valence-electron chi connectivity index (χ0n) is 17.3. The number of urea groups is 1. The first-order valence-corrected chi connectivity index (χ1v) is 10.4. The van der Waals surface area contributed by atoms with Crippen LogP contribution in [-0.2, 0) is 4.79 Å². The average Bonchev–Trinajstić information content (AvgIpc) is 2.73. The molecule has 0 aliphatic carbocycles. The number of halogens is 3. The quantitative estimate of drug-likeness (QED) is 0.766. The standard InChI is InChI=1S/C23H23F3N4O2/c24-23(25,26)12-21(31)29-10-7-17(8-11-29)16-3-5-20(6-4-16)28-22(32)30-14-19(15-30)18-2-1-9-27-13-18/h1-7,9,13,19H,8,10-12,14-15H2,(H,28,32). The van der Waals surface area contributed by atoms with E-state index in [-0.39, 0.29) is 19.1 Å². The normalized spacial score (nSPS) is 16.9. The highest BCUT2D eigenvalue weighted by Crippen LogP contribution is 2.28. The van der Waals surface area contributed by atoms with Gasteiger partial charge in [0.1, 0.15) is 6.42 Å². The lowest BCUT2D eigenvalue weighted by atomic mass is 9.93. The number of likely N-dealkylation sites (tertiary alicyclic amines) is 1. The van der Waals surface area contributed by atoms with Crippen molar-refractivity contribution in [2.45, 2.75) is 24.9 Å². The van der Waals surface area contributed by atoms with Gasteiger partial charge in [0.2, 0.25) is 5.91 Å². The smallest absolute Gasteiger partial charge is 0.338 e. The van der Waals surface area contributed by atoms with Crippen LogP contribution in [0.25, 0.3) is 5.57 Å². The Morgan fingerprint density at radius 1 is 1.09 bits per heavy atom. The molecule has 0 bridgehead atoms. The molecular weight excluding hydrogens is 421 g/mol. The maximum Gasteiger partial charge on any atom is 0.397 e. The molecule has 0 spiro atoms. The summed E-state index contributed by atoms with van der Waals surface area (Å²) in [5.41, 5.74) is 3.69. The number of nitrogens with zero attached hydrogens (tertiary/aromatic N) is 3. The Bertz CT molecular complexity index is 1000. The number of amides is 3. The van der Waals surface area contributed by atoms with Crippen LogP contribution in [0.4, 0.5) is 23.7 Å². The number of aromatic nitrogens is 1. The third-order valence-electron chi connectivity index (χ3n) is 5.75. The van der Waals surface area contributed by atoms with Crippen LogP contribution in [0.2, 0.25) is 0 Å². The molecule has 1 saturated heterocycles. The van der Waals surface area contributed by atoms with Crippen LogP contribution < -0.4 is 5.32 Å². The van der Waals surface area contributed by atoms with Crippen molar-refractivity contribution in [3.63, 3.8) is 0 Å². The molecule has 2 aliphatic heterocycles. The van der Waals surface area contributed by atoms with Gasteiger partial charge in [0.15, 0.2) is 0 Å². The van der Waals surface area contributed by atoms with E-state index >= 15 is 0 Å². The third-order valence-corrected chi connectivity index (χ3v) is 5.75. The first-order chi connectivity index (χ1) is 15.3. The molecule has 1 aromatic heterocycles. The van der Waals surface area contributed by atoms with Crippen LogP contribution in [0, 0.1) is 0 Å². The van der Waals surface area contributed by atoms with E-state index in [0.717, 1.165) is 16.7 Å². The number of nitrogens with one attached hydrogen (secondary N) is 1. The molecule has 1 fully saturated rings. The minimum atomic E-state index is -4.49. The maximum absolute atomic E-state index is 12.4. The summed E-state index contributed by atoms with van der Waals surface area (Å²) in [4.78, 5) is 31.2. The maximum atomic E-state index is 12.4. The summed E-state index contributed by atoms with van der Waals surface area (Å²) in [6.45, 7) is 1.71. The summed E-state index contributed by atoms with van der Waals surface area (Å²) in [7, 11) is 0. The van der Waals surface area contributed by atoms with Crippen molar-refractivity contribution in [3.05, 3.63) is 66.0 Å². The summed E-state index contributed by atoms with van der Waals surface area (Å²) < 4.78 is 37.2. The number of carbonyl (C=O) groups excluding carboxylic acids is 2. The summed E-state index contributed by atoms with van der Waals surface area (Å²) >= 11 is 0. The SMILES string of the molecule is O=C(CC(F)(F)F)N1CC=C(c2ccc(NC(=O)N3CC(c4cccnc4)C3)cc2)CC1. The number of alkyl halides is 3. The lowest BCUT2D eigenvalue weighted by Crippen LogP contribution is -2.50. The molecule has 2 aliphatic rings. The molecule has 168 valence electrons. The van der Waals surface area contributed by atoms with Gasteiger partial charge in [-0.1, -0.05) is 24.3 Å². The molecule has 0 unspecified atom stereocenters. The molecule has 1 aromatic carbocycles. The Labute approximate surface area is 183 Å². The number of benzene rings is 1. The Kier molecular flexibility index (Phi) is 6.16. The van der Waals surface area contributed by atoms with Gasteiger partial charge in [0.05, 0.1) is 0 Å². The van der Waals surface area contributed by atoms with Gasteiger partial charge < -0.3 is 15.1 Å². The predicted octanol–water partition coefficient (Wildman–Crippen LogP) is 4.28. The largest absolute Gasteiger partial charge is 0.397 e. The van der Waals surface area contributed by atoms with Gasteiger partial charge in [-0.05, 0) is 41.3 Å². The second-order valence-corrected chi connectivity index (χ2v) is 8.01. The lowest BCUT2D eigenvalue weighted by Gasteiger charge is -2.39. The fourth-order valence-electron chi connectivity index (χ4n) is 3.88. The van der Waals surface area contributed by atoms with Crippen molar-refractivity contribution in [3.8, 4) is 0 Å². The molecule has 2 aromatic rings. The molecule has 9 heteroatoms. The Morgan fingerprint density at radius 3 is 2.44 bits per heavy atom. The highest BCUT2D eigenvalue weighted by molar-refractivity contribution is 5.90. The van der Waals surface area contributed by atoms with E-state index in [1.165, 1.54) is 4.90 Å². The fraction of sp³-hybridized carbons (Fsp3) is 0.348. The van der Waals surface area contributed by atoms with E-state index in [1.54, 1.807) is 29.3 Å². The fourth-order valence-corrected chi connectivity index (χ4v) is 3.88. The number of hydrogen-bond acceptors (Lipinski definition) is 3. The van der Waals surface area contributed by atoms with Crippen LogP contribution in [-0.4, -0.2) is 59.1 Å². The first kappa shape index (κ1) is 21.9. The monoisotopic (exact) mass is 444 g/mol. The van der Waals surface area contributed by atoms with E-state index in [9.17, 15) is 22.8 Å². The third kappa shape index (κ3) is 5.27. The number of anilines is 1. The highest BCUT2D eigenvalue weighted by atomic mass is 19.4. The zero-order chi connectivity index (χ0) is 22.7. The Hall–Kier alpha value is -3.36. The van der Waals surface area contributed by atoms with Gasteiger partial charge in [-0.2, -0.15) is 13.2 Å². The van der Waals surface area contributed by atoms with Crippen molar-refractivity contribution in [2.75, 3.05) is 31.5 Å². The van der Waals surface area contributed by atoms with Crippen LogP contribution >= 0.6 is 0 Å². The summed E-state index contributed by atoms with van der Waals surface area (Å²) in [6, 6.07) is 11.1. The molecule has 0 atom stereocenters. The van der Waals surface area contributed by atoms with Gasteiger partial charge in [0, 0.05) is 50.2 Å². The van der Waals surface area contributed by atoms with Crippen LogP contribution in [0.15, 0.2) is 54.9 Å². The van der Waals surface area contributed by atoms with Gasteiger partial charge in [-0.3, -0.25) is 9.78 Å². The predicted molar refractivity (Wildman–Crippen MR) is 114 cm³/mol. The first-order valence-electron chi connectivity index (χ1n) is 10.4. The Morgan fingerprint density at radius 2 is 1.84 bits per heavy atom. The molecule has 0 radical (unpaired) electrons. The van der Waals surface area contributed by atoms with E-state index in [0.29, 0.717) is 31.1 Å². The van der Waals surface area contributed by atoms with Gasteiger partial charge in [-0.15, -0.1) is 0 Å². The molecule has 32 heavy (non-hydrogen) atoms. The second-order valence-electron chi connectivity index (χ2n) is 8.01. The topological polar surface area (TPSA) is 65.5 Å². The highest BCUT2D eigenvalue weighted by Gasteiger charge is 2.34. The van der Waals surface area contributed by atoms with Gasteiger partial charge in [-0.25, -0.2) is 4.79 Å². The minimum Gasteiger partial charge on any atom is -0.338 e. The van der Waals surface area contributed by atoms with Crippen molar-refractivity contribution in [1.29, 1.82) is 0 Å². The summed E-state index contributed by atoms with van der Waals surface area (Å²) in [5, 5.41) is 2.88. The number of pyridine rings is 1.